The molecule has 4 atom stereocenters. The van der Waals surface area contributed by atoms with Crippen LogP contribution in [0, 0.1) is 5.92 Å². The third-order valence-corrected chi connectivity index (χ3v) is 7.23. The molecule has 0 spiro atoms. The van der Waals surface area contributed by atoms with Crippen molar-refractivity contribution in [3.8, 4) is 5.75 Å². The van der Waals surface area contributed by atoms with E-state index in [0.29, 0.717) is 12.8 Å². The highest BCUT2D eigenvalue weighted by Crippen LogP contribution is 2.26. The first-order chi connectivity index (χ1) is 18.4. The number of nitrogens with one attached hydrogen (secondary N) is 2. The van der Waals surface area contributed by atoms with Crippen LogP contribution in [-0.2, 0) is 9.53 Å². The van der Waals surface area contributed by atoms with Gasteiger partial charge in [0, 0.05) is 32.5 Å². The van der Waals surface area contributed by atoms with Crippen molar-refractivity contribution in [3.05, 3.63) is 66.9 Å². The zero-order valence-electron chi connectivity index (χ0n) is 23.5. The predicted octanol–water partition coefficient (Wildman–Crippen LogP) is 5.52. The van der Waals surface area contributed by atoms with Gasteiger partial charge in [-0.25, -0.2) is 0 Å². The maximum absolute atomic E-state index is 11.3. The molecule has 2 N–H and O–H groups in total. The minimum Gasteiger partial charge on any atom is -0.489 e. The summed E-state index contributed by atoms with van der Waals surface area (Å²) in [5.74, 6) is 2.12. The minimum absolute atomic E-state index is 0.0226. The highest BCUT2D eigenvalue weighted by Gasteiger charge is 2.26. The SMILES string of the molecule is C=CC(=C)CCC(CC1CCCO1)C(=NCN1CCC(Oc2ccc(C(C)NC(C)=O)cc2)C1)N/C=C\C. The van der Waals surface area contributed by atoms with Crippen molar-refractivity contribution in [1.29, 1.82) is 0 Å². The van der Waals surface area contributed by atoms with E-state index >= 15 is 0 Å². The lowest BCUT2D eigenvalue weighted by atomic mass is 9.92. The molecule has 2 fully saturated rings. The second-order valence-electron chi connectivity index (χ2n) is 10.4. The molecule has 2 aliphatic rings. The molecule has 0 saturated carbocycles. The number of nitrogens with zero attached hydrogens (tertiary/aromatic N) is 2. The Bertz CT molecular complexity index is 966. The normalized spacial score (nSPS) is 21.8. The van der Waals surface area contributed by atoms with Crippen LogP contribution in [0.2, 0.25) is 0 Å². The van der Waals surface area contributed by atoms with E-state index in [4.69, 9.17) is 14.5 Å². The second kappa shape index (κ2) is 15.5. The number of ether oxygens (including phenoxy) is 2. The van der Waals surface area contributed by atoms with Gasteiger partial charge in [0.25, 0.3) is 0 Å². The number of likely N-dealkylation sites (tertiary alicyclic amines) is 1. The van der Waals surface area contributed by atoms with E-state index in [9.17, 15) is 4.79 Å². The number of hydrogen-bond acceptors (Lipinski definition) is 5. The van der Waals surface area contributed by atoms with Crippen LogP contribution in [-0.4, -0.2) is 55.2 Å². The van der Waals surface area contributed by atoms with E-state index < -0.39 is 0 Å². The molecule has 7 nitrogen and oxygen atoms in total. The van der Waals surface area contributed by atoms with Crippen LogP contribution in [0.3, 0.4) is 0 Å². The Morgan fingerprint density at radius 1 is 1.32 bits per heavy atom. The summed E-state index contributed by atoms with van der Waals surface area (Å²) in [6, 6.07) is 7.98. The van der Waals surface area contributed by atoms with Gasteiger partial charge in [0.05, 0.1) is 18.8 Å². The van der Waals surface area contributed by atoms with E-state index in [1.54, 1.807) is 0 Å². The Hall–Kier alpha value is -2.90. The van der Waals surface area contributed by atoms with Crippen molar-refractivity contribution in [2.24, 2.45) is 10.9 Å². The summed E-state index contributed by atoms with van der Waals surface area (Å²) in [7, 11) is 0. The van der Waals surface area contributed by atoms with Gasteiger partial charge in [-0.05, 0) is 76.3 Å². The zero-order chi connectivity index (χ0) is 27.3. The average Bonchev–Trinajstić information content (AvgIpc) is 3.58. The lowest BCUT2D eigenvalue weighted by molar-refractivity contribution is -0.119. The third-order valence-electron chi connectivity index (χ3n) is 7.23. The van der Waals surface area contributed by atoms with E-state index in [0.717, 1.165) is 80.9 Å². The van der Waals surface area contributed by atoms with Crippen molar-refractivity contribution < 1.29 is 14.3 Å². The van der Waals surface area contributed by atoms with Gasteiger partial charge in [-0.3, -0.25) is 14.7 Å². The Kier molecular flexibility index (Phi) is 12.1. The molecule has 0 aliphatic carbocycles. The van der Waals surface area contributed by atoms with E-state index in [2.05, 4.69) is 28.7 Å². The summed E-state index contributed by atoms with van der Waals surface area (Å²) in [5.41, 5.74) is 2.12. The molecule has 1 amide bonds. The highest BCUT2D eigenvalue weighted by molar-refractivity contribution is 5.85. The smallest absolute Gasteiger partial charge is 0.217 e. The molecule has 4 unspecified atom stereocenters. The standard InChI is InChI=1S/C31H46N4O3/c1-6-17-32-31(27(11-10-23(3)7-2)20-29-9-8-19-37-29)33-22-35-18-16-30(21-35)38-28-14-12-26(13-15-28)24(4)34-25(5)36/h6-7,12-15,17,24,27,29-30H,2-3,8-11,16,18-22H2,1,4-5H3,(H,32,33)(H,34,36)/b17-6-. The summed E-state index contributed by atoms with van der Waals surface area (Å²) in [5, 5.41) is 6.37. The maximum Gasteiger partial charge on any atom is 0.217 e. The Morgan fingerprint density at radius 2 is 2.11 bits per heavy atom. The summed E-state index contributed by atoms with van der Waals surface area (Å²) < 4.78 is 12.2. The number of carbonyl (C=O) groups is 1. The number of amides is 1. The van der Waals surface area contributed by atoms with Crippen molar-refractivity contribution in [2.45, 2.75) is 77.5 Å². The van der Waals surface area contributed by atoms with Crippen LogP contribution < -0.4 is 15.4 Å². The highest BCUT2D eigenvalue weighted by atomic mass is 16.5. The summed E-state index contributed by atoms with van der Waals surface area (Å²) in [6.07, 6.45) is 12.3. The number of rotatable bonds is 14. The van der Waals surface area contributed by atoms with E-state index in [-0.39, 0.29) is 24.0 Å². The zero-order valence-corrected chi connectivity index (χ0v) is 23.5. The van der Waals surface area contributed by atoms with E-state index in [1.165, 1.54) is 6.92 Å². The van der Waals surface area contributed by atoms with Gasteiger partial charge in [-0.1, -0.05) is 43.0 Å². The van der Waals surface area contributed by atoms with Crippen LogP contribution >= 0.6 is 0 Å². The van der Waals surface area contributed by atoms with Crippen LogP contribution in [0.25, 0.3) is 0 Å². The number of allylic oxidation sites excluding steroid dienone is 3. The molecular weight excluding hydrogens is 476 g/mol. The molecule has 2 saturated heterocycles. The molecule has 7 heteroatoms. The number of benzene rings is 1. The molecule has 0 aromatic heterocycles. The largest absolute Gasteiger partial charge is 0.489 e. The molecule has 1 aromatic carbocycles. The predicted molar refractivity (Wildman–Crippen MR) is 155 cm³/mol. The van der Waals surface area contributed by atoms with Crippen molar-refractivity contribution in [2.75, 3.05) is 26.4 Å². The summed E-state index contributed by atoms with van der Waals surface area (Å²) >= 11 is 0. The van der Waals surface area contributed by atoms with Crippen LogP contribution in [0.15, 0.2) is 66.3 Å². The molecule has 2 aliphatic heterocycles. The third kappa shape index (κ3) is 9.76. The second-order valence-corrected chi connectivity index (χ2v) is 10.4. The van der Waals surface area contributed by atoms with Gasteiger partial charge in [-0.15, -0.1) is 0 Å². The fourth-order valence-corrected chi connectivity index (χ4v) is 5.05. The van der Waals surface area contributed by atoms with Crippen LogP contribution in [0.5, 0.6) is 5.75 Å². The maximum atomic E-state index is 11.3. The molecule has 0 bridgehead atoms. The van der Waals surface area contributed by atoms with Gasteiger partial charge in [0.15, 0.2) is 0 Å². The fourth-order valence-electron chi connectivity index (χ4n) is 5.05. The number of amidine groups is 1. The fraction of sp³-hybridized carbons (Fsp3) is 0.548. The van der Waals surface area contributed by atoms with Gasteiger partial charge in [-0.2, -0.15) is 0 Å². The quantitative estimate of drug-likeness (QED) is 0.191. The first kappa shape index (κ1) is 29.7. The summed E-state index contributed by atoms with van der Waals surface area (Å²) in [6.45, 7) is 16.8. The molecule has 38 heavy (non-hydrogen) atoms. The van der Waals surface area contributed by atoms with Crippen molar-refractivity contribution in [3.63, 3.8) is 0 Å². The Balaban J connectivity index is 1.58. The Morgan fingerprint density at radius 3 is 2.76 bits per heavy atom. The average molecular weight is 523 g/mol. The van der Waals surface area contributed by atoms with Gasteiger partial charge in [0.2, 0.25) is 5.91 Å². The number of aliphatic imine (C=N–C) groups is 1. The molecule has 3 rings (SSSR count). The number of hydrogen-bond donors (Lipinski definition) is 2. The summed E-state index contributed by atoms with van der Waals surface area (Å²) in [4.78, 5) is 18.7. The van der Waals surface area contributed by atoms with Gasteiger partial charge in [0.1, 0.15) is 17.7 Å². The topological polar surface area (TPSA) is 75.2 Å². The van der Waals surface area contributed by atoms with Crippen molar-refractivity contribution >= 4 is 11.7 Å². The monoisotopic (exact) mass is 522 g/mol. The van der Waals surface area contributed by atoms with Gasteiger partial charge < -0.3 is 20.1 Å². The minimum atomic E-state index is -0.0315. The first-order valence-corrected chi connectivity index (χ1v) is 14.0. The number of carbonyl (C=O) groups excluding carboxylic acids is 1. The first-order valence-electron chi connectivity index (χ1n) is 14.0. The molecular formula is C31H46N4O3. The van der Waals surface area contributed by atoms with Crippen LogP contribution in [0.4, 0.5) is 0 Å². The lowest BCUT2D eigenvalue weighted by Crippen LogP contribution is -2.32. The van der Waals surface area contributed by atoms with Crippen LogP contribution in [0.1, 0.15) is 70.9 Å². The molecule has 2 heterocycles. The lowest BCUT2D eigenvalue weighted by Gasteiger charge is -2.24. The van der Waals surface area contributed by atoms with Gasteiger partial charge >= 0.3 is 0 Å². The molecule has 208 valence electrons. The van der Waals surface area contributed by atoms with E-state index in [1.807, 2.05) is 56.5 Å². The Labute approximate surface area is 229 Å². The van der Waals surface area contributed by atoms with Crippen molar-refractivity contribution in [1.82, 2.24) is 15.5 Å². The molecule has 0 radical (unpaired) electrons. The molecule has 1 aromatic rings.